The number of halogens is 1. The minimum atomic E-state index is -0.514. The van der Waals surface area contributed by atoms with Crippen LogP contribution in [0.15, 0.2) is 41.1 Å². The second-order valence-corrected chi connectivity index (χ2v) is 8.94. The summed E-state index contributed by atoms with van der Waals surface area (Å²) in [5, 5.41) is 0.594. The third-order valence-corrected chi connectivity index (χ3v) is 5.18. The molecule has 0 bridgehead atoms. The maximum atomic E-state index is 12.4. The second kappa shape index (κ2) is 7.80. The lowest BCUT2D eigenvalue weighted by Crippen LogP contribution is -2.54. The van der Waals surface area contributed by atoms with Gasteiger partial charge < -0.3 is 19.0 Å². The van der Waals surface area contributed by atoms with Crippen LogP contribution in [0.5, 0.6) is 0 Å². The zero-order chi connectivity index (χ0) is 21.5. The van der Waals surface area contributed by atoms with Gasteiger partial charge in [0.2, 0.25) is 0 Å². The summed E-state index contributed by atoms with van der Waals surface area (Å²) in [5.41, 5.74) is 2.70. The minimum absolute atomic E-state index is 0.0270. The van der Waals surface area contributed by atoms with Gasteiger partial charge in [0.1, 0.15) is 11.1 Å². The topological polar surface area (TPSA) is 71.7 Å². The van der Waals surface area contributed by atoms with E-state index in [9.17, 15) is 4.79 Å². The Balaban J connectivity index is 1.60. The number of aromatic nitrogens is 2. The number of hydrogen-bond acceptors (Lipinski definition) is 6. The van der Waals surface area contributed by atoms with Crippen molar-refractivity contribution in [2.45, 2.75) is 39.3 Å². The van der Waals surface area contributed by atoms with Gasteiger partial charge in [0.25, 0.3) is 6.01 Å². The molecule has 7 nitrogen and oxygen atoms in total. The second-order valence-electron chi connectivity index (χ2n) is 8.50. The molecule has 1 atom stereocenters. The van der Waals surface area contributed by atoms with Crippen molar-refractivity contribution in [3.63, 3.8) is 0 Å². The average molecular weight is 429 g/mol. The smallest absolute Gasteiger partial charge is 0.410 e. The minimum Gasteiger partial charge on any atom is -0.444 e. The quantitative estimate of drug-likeness (QED) is 0.572. The number of anilines is 1. The molecule has 158 valence electrons. The van der Waals surface area contributed by atoms with E-state index in [-0.39, 0.29) is 12.1 Å². The van der Waals surface area contributed by atoms with Crippen LogP contribution in [0.1, 0.15) is 27.7 Å². The molecule has 0 N–H and O–H groups in total. The predicted octanol–water partition coefficient (Wildman–Crippen LogP) is 4.99. The number of piperazine rings is 1. The molecule has 30 heavy (non-hydrogen) atoms. The molecule has 1 saturated heterocycles. The molecule has 1 amide bonds. The van der Waals surface area contributed by atoms with Crippen LogP contribution < -0.4 is 4.90 Å². The number of rotatable bonds is 2. The van der Waals surface area contributed by atoms with Gasteiger partial charge in [-0.15, -0.1) is 0 Å². The van der Waals surface area contributed by atoms with Gasteiger partial charge >= 0.3 is 6.09 Å². The molecular weight excluding hydrogens is 404 g/mol. The van der Waals surface area contributed by atoms with E-state index in [4.69, 9.17) is 20.8 Å². The Hall–Kier alpha value is -2.80. The van der Waals surface area contributed by atoms with E-state index >= 15 is 0 Å². The van der Waals surface area contributed by atoms with Gasteiger partial charge in [0.15, 0.2) is 5.58 Å². The molecule has 8 heteroatoms. The molecule has 0 aliphatic carbocycles. The molecular formula is C22H25ClN4O3. The lowest BCUT2D eigenvalue weighted by atomic mass is 10.1. The molecule has 0 saturated carbocycles. The van der Waals surface area contributed by atoms with Crippen molar-refractivity contribution in [3.8, 4) is 11.1 Å². The third-order valence-electron chi connectivity index (χ3n) is 4.96. The molecule has 3 aromatic rings. The van der Waals surface area contributed by atoms with Crippen molar-refractivity contribution in [2.75, 3.05) is 24.5 Å². The number of carbonyl (C=O) groups excluding carboxylic acids is 1. The molecule has 0 radical (unpaired) electrons. The lowest BCUT2D eigenvalue weighted by molar-refractivity contribution is 0.0216. The van der Waals surface area contributed by atoms with Crippen molar-refractivity contribution in [1.82, 2.24) is 14.9 Å². The molecule has 2 aromatic heterocycles. The summed E-state index contributed by atoms with van der Waals surface area (Å²) >= 11 is 6.34. The zero-order valence-corrected chi connectivity index (χ0v) is 18.3. The number of oxazole rings is 1. The largest absolute Gasteiger partial charge is 0.444 e. The number of fused-ring (bicyclic) bond motifs is 1. The highest BCUT2D eigenvalue weighted by Crippen LogP contribution is 2.35. The molecule has 1 fully saturated rings. The van der Waals surface area contributed by atoms with E-state index in [0.717, 1.165) is 11.1 Å². The van der Waals surface area contributed by atoms with Crippen LogP contribution >= 0.6 is 11.6 Å². The van der Waals surface area contributed by atoms with Crippen molar-refractivity contribution in [2.24, 2.45) is 0 Å². The van der Waals surface area contributed by atoms with Crippen molar-refractivity contribution in [1.29, 1.82) is 0 Å². The fourth-order valence-electron chi connectivity index (χ4n) is 3.59. The molecule has 1 aromatic carbocycles. The summed E-state index contributed by atoms with van der Waals surface area (Å²) in [6.07, 6.45) is 3.17. The summed E-state index contributed by atoms with van der Waals surface area (Å²) in [7, 11) is 0. The Labute approximate surface area is 180 Å². The maximum absolute atomic E-state index is 12.4. The lowest BCUT2D eigenvalue weighted by Gasteiger charge is -2.39. The summed E-state index contributed by atoms with van der Waals surface area (Å²) in [6, 6.07) is 8.05. The maximum Gasteiger partial charge on any atom is 0.410 e. The van der Waals surface area contributed by atoms with Gasteiger partial charge in [0.05, 0.1) is 0 Å². The first kappa shape index (κ1) is 20.5. The molecule has 1 unspecified atom stereocenters. The fraction of sp³-hybridized carbons (Fsp3) is 0.409. The number of carbonyl (C=O) groups is 1. The monoisotopic (exact) mass is 428 g/mol. The van der Waals surface area contributed by atoms with Gasteiger partial charge in [-0.3, -0.25) is 4.98 Å². The van der Waals surface area contributed by atoms with E-state index in [1.807, 2.05) is 45.9 Å². The fourth-order valence-corrected chi connectivity index (χ4v) is 3.80. The van der Waals surface area contributed by atoms with Gasteiger partial charge in [-0.25, -0.2) is 4.79 Å². The summed E-state index contributed by atoms with van der Waals surface area (Å²) < 4.78 is 11.7. The van der Waals surface area contributed by atoms with Gasteiger partial charge in [-0.05, 0) is 57.5 Å². The number of benzene rings is 1. The van der Waals surface area contributed by atoms with Crippen LogP contribution in [-0.2, 0) is 4.74 Å². The van der Waals surface area contributed by atoms with E-state index in [2.05, 4.69) is 14.9 Å². The van der Waals surface area contributed by atoms with Gasteiger partial charge in [0, 0.05) is 48.7 Å². The first-order valence-electron chi connectivity index (χ1n) is 9.96. The highest BCUT2D eigenvalue weighted by Gasteiger charge is 2.32. The zero-order valence-electron chi connectivity index (χ0n) is 17.6. The summed E-state index contributed by atoms with van der Waals surface area (Å²) in [5.74, 6) is 0. The van der Waals surface area contributed by atoms with E-state index in [0.29, 0.717) is 41.8 Å². The SMILES string of the molecule is CC1CN(C(=O)OC(C)(C)C)CCN1c1nc2cc(Cl)cc(-c3ccncc3)c2o1. The van der Waals surface area contributed by atoms with Crippen LogP contribution in [0.4, 0.5) is 10.8 Å². The Kier molecular flexibility index (Phi) is 5.32. The number of pyridine rings is 1. The molecule has 4 rings (SSSR count). The summed E-state index contributed by atoms with van der Waals surface area (Å²) in [6.45, 7) is 9.33. The van der Waals surface area contributed by atoms with E-state index in [1.165, 1.54) is 0 Å². The van der Waals surface area contributed by atoms with Crippen LogP contribution in [0.2, 0.25) is 5.02 Å². The van der Waals surface area contributed by atoms with Crippen molar-refractivity contribution < 1.29 is 13.9 Å². The van der Waals surface area contributed by atoms with Crippen LogP contribution in [0.25, 0.3) is 22.2 Å². The standard InChI is InChI=1S/C22H25ClN4O3/c1-14-13-26(21(28)30-22(2,3)4)9-10-27(14)20-25-18-12-16(23)11-17(19(18)29-20)15-5-7-24-8-6-15/h5-8,11-12,14H,9-10,13H2,1-4H3. The van der Waals surface area contributed by atoms with Crippen LogP contribution in [0, 0.1) is 0 Å². The van der Waals surface area contributed by atoms with Crippen molar-refractivity contribution >= 4 is 34.8 Å². The summed E-state index contributed by atoms with van der Waals surface area (Å²) in [4.78, 5) is 25.0. The first-order valence-corrected chi connectivity index (χ1v) is 10.3. The first-order chi connectivity index (χ1) is 14.2. The van der Waals surface area contributed by atoms with E-state index < -0.39 is 5.60 Å². The number of amides is 1. The number of hydrogen-bond donors (Lipinski definition) is 0. The van der Waals surface area contributed by atoms with Crippen LogP contribution in [-0.4, -0.2) is 52.2 Å². The van der Waals surface area contributed by atoms with Gasteiger partial charge in [-0.1, -0.05) is 11.6 Å². The number of nitrogens with zero attached hydrogens (tertiary/aromatic N) is 4. The highest BCUT2D eigenvalue weighted by atomic mass is 35.5. The Morgan fingerprint density at radius 3 is 2.63 bits per heavy atom. The van der Waals surface area contributed by atoms with Crippen LogP contribution in [0.3, 0.4) is 0 Å². The van der Waals surface area contributed by atoms with E-state index in [1.54, 1.807) is 23.4 Å². The Morgan fingerprint density at radius 1 is 1.23 bits per heavy atom. The predicted molar refractivity (Wildman–Crippen MR) is 117 cm³/mol. The number of ether oxygens (including phenoxy) is 1. The Morgan fingerprint density at radius 2 is 1.97 bits per heavy atom. The van der Waals surface area contributed by atoms with Gasteiger partial charge in [-0.2, -0.15) is 4.98 Å². The molecule has 1 aliphatic heterocycles. The molecule has 3 heterocycles. The Bertz CT molecular complexity index is 1060. The molecule has 0 spiro atoms. The highest BCUT2D eigenvalue weighted by molar-refractivity contribution is 6.31. The normalized spacial score (nSPS) is 17.4. The average Bonchev–Trinajstić information content (AvgIpc) is 3.10. The third kappa shape index (κ3) is 4.21. The molecule has 1 aliphatic rings. The van der Waals surface area contributed by atoms with Crippen molar-refractivity contribution in [3.05, 3.63) is 41.7 Å².